The summed E-state index contributed by atoms with van der Waals surface area (Å²) in [6.07, 6.45) is 2.46. The molecule has 126 valence electrons. The van der Waals surface area contributed by atoms with Crippen molar-refractivity contribution in [2.24, 2.45) is 0 Å². The van der Waals surface area contributed by atoms with Gasteiger partial charge in [-0.2, -0.15) is 0 Å². The number of imidazole rings is 1. The molecule has 24 heavy (non-hydrogen) atoms. The van der Waals surface area contributed by atoms with Gasteiger partial charge in [0, 0.05) is 22.0 Å². The van der Waals surface area contributed by atoms with Crippen LogP contribution < -0.4 is 4.72 Å². The van der Waals surface area contributed by atoms with Crippen LogP contribution in [0.15, 0.2) is 62.6 Å². The second-order valence-electron chi connectivity index (χ2n) is 5.25. The van der Waals surface area contributed by atoms with Gasteiger partial charge in [-0.1, -0.05) is 28.1 Å². The highest BCUT2D eigenvalue weighted by Gasteiger charge is 2.17. The molecule has 1 aromatic heterocycles. The highest BCUT2D eigenvalue weighted by atomic mass is 79.9. The van der Waals surface area contributed by atoms with E-state index in [0.717, 1.165) is 15.5 Å². The SMILES string of the molecule is O=S(=O)(NCCCn1cnc2ccccc21)c1ccc(Br)cc1Br. The third kappa shape index (κ3) is 3.88. The van der Waals surface area contributed by atoms with Crippen molar-refractivity contribution in [3.05, 3.63) is 57.7 Å². The topological polar surface area (TPSA) is 64.0 Å². The summed E-state index contributed by atoms with van der Waals surface area (Å²) in [7, 11) is -3.53. The Morgan fingerprint density at radius 2 is 1.92 bits per heavy atom. The van der Waals surface area contributed by atoms with Gasteiger partial charge in [0.15, 0.2) is 0 Å². The maximum atomic E-state index is 12.4. The molecule has 1 N–H and O–H groups in total. The van der Waals surface area contributed by atoms with E-state index in [4.69, 9.17) is 0 Å². The molecule has 0 spiro atoms. The molecule has 0 amide bonds. The molecule has 8 heteroatoms. The quantitative estimate of drug-likeness (QED) is 0.553. The fourth-order valence-corrected chi connectivity index (χ4v) is 5.23. The molecule has 0 bridgehead atoms. The van der Waals surface area contributed by atoms with Crippen LogP contribution in [0.1, 0.15) is 6.42 Å². The summed E-state index contributed by atoms with van der Waals surface area (Å²) in [5, 5.41) is 0. The predicted molar refractivity (Wildman–Crippen MR) is 101 cm³/mol. The number of nitrogens with one attached hydrogen (secondary N) is 1. The fraction of sp³-hybridized carbons (Fsp3) is 0.188. The third-order valence-electron chi connectivity index (χ3n) is 3.58. The minimum Gasteiger partial charge on any atom is -0.331 e. The molecule has 1 heterocycles. The minimum atomic E-state index is -3.53. The molecular weight excluding hydrogens is 458 g/mol. The Bertz CT molecular complexity index is 970. The summed E-state index contributed by atoms with van der Waals surface area (Å²) >= 11 is 6.60. The molecule has 5 nitrogen and oxygen atoms in total. The van der Waals surface area contributed by atoms with Crippen LogP contribution in [0.3, 0.4) is 0 Å². The normalized spacial score (nSPS) is 11.9. The number of hydrogen-bond donors (Lipinski definition) is 1. The highest BCUT2D eigenvalue weighted by molar-refractivity contribution is 9.11. The van der Waals surface area contributed by atoms with Crippen molar-refractivity contribution in [1.82, 2.24) is 14.3 Å². The van der Waals surface area contributed by atoms with Gasteiger partial charge >= 0.3 is 0 Å². The maximum absolute atomic E-state index is 12.4. The molecule has 0 aliphatic rings. The van der Waals surface area contributed by atoms with Gasteiger partial charge in [0.05, 0.1) is 22.3 Å². The Hall–Kier alpha value is -1.22. The number of fused-ring (bicyclic) bond motifs is 1. The molecule has 3 rings (SSSR count). The second-order valence-corrected chi connectivity index (χ2v) is 8.76. The van der Waals surface area contributed by atoms with Gasteiger partial charge in [0.2, 0.25) is 10.0 Å². The monoisotopic (exact) mass is 471 g/mol. The standard InChI is InChI=1S/C16H15Br2N3O2S/c17-12-6-7-16(13(18)10-12)24(22,23)20-8-3-9-21-11-19-14-4-1-2-5-15(14)21/h1-2,4-7,10-11,20H,3,8-9H2. The first-order chi connectivity index (χ1) is 11.5. The average molecular weight is 473 g/mol. The molecular formula is C16H15Br2N3O2S. The summed E-state index contributed by atoms with van der Waals surface area (Å²) in [5.74, 6) is 0. The second kappa shape index (κ2) is 7.35. The molecule has 0 aliphatic carbocycles. The van der Waals surface area contributed by atoms with Crippen molar-refractivity contribution in [2.75, 3.05) is 6.54 Å². The number of aromatic nitrogens is 2. The van der Waals surface area contributed by atoms with Gasteiger partial charge in [-0.15, -0.1) is 0 Å². The summed E-state index contributed by atoms with van der Waals surface area (Å²) in [6, 6.07) is 12.9. The number of rotatable bonds is 6. The van der Waals surface area contributed by atoms with Crippen LogP contribution in [0.2, 0.25) is 0 Å². The highest BCUT2D eigenvalue weighted by Crippen LogP contribution is 2.25. The van der Waals surface area contributed by atoms with E-state index in [9.17, 15) is 8.42 Å². The van der Waals surface area contributed by atoms with E-state index >= 15 is 0 Å². The lowest BCUT2D eigenvalue weighted by molar-refractivity contribution is 0.571. The zero-order chi connectivity index (χ0) is 17.2. The van der Waals surface area contributed by atoms with Crippen LogP contribution in [-0.2, 0) is 16.6 Å². The van der Waals surface area contributed by atoms with Crippen molar-refractivity contribution in [2.45, 2.75) is 17.9 Å². The van der Waals surface area contributed by atoms with Crippen LogP contribution >= 0.6 is 31.9 Å². The largest absolute Gasteiger partial charge is 0.331 e. The molecule has 2 aromatic carbocycles. The Balaban J connectivity index is 1.61. The molecule has 0 saturated carbocycles. The van der Waals surface area contributed by atoms with E-state index in [1.165, 1.54) is 0 Å². The van der Waals surface area contributed by atoms with Crippen LogP contribution in [0.4, 0.5) is 0 Å². The average Bonchev–Trinajstić information content (AvgIpc) is 2.94. The van der Waals surface area contributed by atoms with Gasteiger partial charge in [-0.25, -0.2) is 18.1 Å². The van der Waals surface area contributed by atoms with Crippen LogP contribution in [0.5, 0.6) is 0 Å². The predicted octanol–water partition coefficient (Wildman–Crippen LogP) is 3.93. The van der Waals surface area contributed by atoms with E-state index in [1.54, 1.807) is 24.5 Å². The van der Waals surface area contributed by atoms with Crippen molar-refractivity contribution in [3.8, 4) is 0 Å². The zero-order valence-corrected chi connectivity index (χ0v) is 16.6. The van der Waals surface area contributed by atoms with Gasteiger partial charge in [0.25, 0.3) is 0 Å². The Kier molecular flexibility index (Phi) is 5.39. The van der Waals surface area contributed by atoms with E-state index in [-0.39, 0.29) is 4.90 Å². The molecule has 0 unspecified atom stereocenters. The lowest BCUT2D eigenvalue weighted by atomic mass is 10.3. The van der Waals surface area contributed by atoms with Gasteiger partial charge in [-0.3, -0.25) is 0 Å². The smallest absolute Gasteiger partial charge is 0.241 e. The first-order valence-electron chi connectivity index (χ1n) is 7.32. The van der Waals surface area contributed by atoms with Crippen LogP contribution in [0.25, 0.3) is 11.0 Å². The molecule has 0 aliphatic heterocycles. The van der Waals surface area contributed by atoms with E-state index in [2.05, 4.69) is 41.6 Å². The number of sulfonamides is 1. The maximum Gasteiger partial charge on any atom is 0.241 e. The molecule has 0 atom stereocenters. The van der Waals surface area contributed by atoms with E-state index in [0.29, 0.717) is 24.0 Å². The number of para-hydroxylation sites is 2. The summed E-state index contributed by atoms with van der Waals surface area (Å²) in [6.45, 7) is 1.06. The number of nitrogens with zero attached hydrogens (tertiary/aromatic N) is 2. The fourth-order valence-electron chi connectivity index (χ4n) is 2.42. The minimum absolute atomic E-state index is 0.235. The first-order valence-corrected chi connectivity index (χ1v) is 10.4. The van der Waals surface area contributed by atoms with Gasteiger partial charge in [-0.05, 0) is 52.7 Å². The Morgan fingerprint density at radius 1 is 1.12 bits per heavy atom. The van der Waals surface area contributed by atoms with Gasteiger partial charge < -0.3 is 4.57 Å². The molecule has 3 aromatic rings. The Morgan fingerprint density at radius 3 is 2.71 bits per heavy atom. The van der Waals surface area contributed by atoms with Crippen molar-refractivity contribution in [1.29, 1.82) is 0 Å². The summed E-state index contributed by atoms with van der Waals surface area (Å²) in [4.78, 5) is 4.56. The van der Waals surface area contributed by atoms with Crippen LogP contribution in [0, 0.1) is 0 Å². The molecule has 0 saturated heterocycles. The van der Waals surface area contributed by atoms with Crippen LogP contribution in [-0.4, -0.2) is 24.5 Å². The lowest BCUT2D eigenvalue weighted by Crippen LogP contribution is -2.25. The van der Waals surface area contributed by atoms with Gasteiger partial charge in [0.1, 0.15) is 0 Å². The van der Waals surface area contributed by atoms with E-state index in [1.807, 2.05) is 28.8 Å². The number of halogens is 2. The molecule has 0 fully saturated rings. The first kappa shape index (κ1) is 17.6. The zero-order valence-electron chi connectivity index (χ0n) is 12.6. The van der Waals surface area contributed by atoms with Crippen molar-refractivity contribution in [3.63, 3.8) is 0 Å². The Labute approximate surface area is 157 Å². The summed E-state index contributed by atoms with van der Waals surface area (Å²) in [5.41, 5.74) is 1.99. The third-order valence-corrected chi connectivity index (χ3v) is 6.51. The van der Waals surface area contributed by atoms with E-state index < -0.39 is 10.0 Å². The summed E-state index contributed by atoms with van der Waals surface area (Å²) < 4.78 is 30.7. The number of hydrogen-bond acceptors (Lipinski definition) is 3. The number of aryl methyl sites for hydroxylation is 1. The van der Waals surface area contributed by atoms with Crippen molar-refractivity contribution >= 4 is 52.9 Å². The number of benzene rings is 2. The van der Waals surface area contributed by atoms with Crippen molar-refractivity contribution < 1.29 is 8.42 Å². The lowest BCUT2D eigenvalue weighted by Gasteiger charge is -2.09. The molecule has 0 radical (unpaired) electrons.